The van der Waals surface area contributed by atoms with Gasteiger partial charge in [-0.25, -0.2) is 4.58 Å². The highest BCUT2D eigenvalue weighted by Crippen LogP contribution is 2.15. The Morgan fingerprint density at radius 3 is 2.74 bits per heavy atom. The van der Waals surface area contributed by atoms with Gasteiger partial charge in [0, 0.05) is 18.4 Å². The zero-order valence-electron chi connectivity index (χ0n) is 12.2. The van der Waals surface area contributed by atoms with Crippen LogP contribution in [0.5, 0.6) is 5.75 Å². The van der Waals surface area contributed by atoms with E-state index in [-0.39, 0.29) is 5.78 Å². The number of carbonyl (C=O) groups is 1. The highest BCUT2D eigenvalue weighted by molar-refractivity contribution is 5.96. The Labute approximate surface area is 115 Å². The third-order valence-electron chi connectivity index (χ3n) is 2.99. The van der Waals surface area contributed by atoms with Crippen molar-refractivity contribution in [2.24, 2.45) is 0 Å². The van der Waals surface area contributed by atoms with Crippen molar-refractivity contribution >= 4 is 12.0 Å². The Hall–Kier alpha value is -1.64. The number of hydrogen-bond acceptors (Lipinski definition) is 2. The molecule has 0 N–H and O–H groups in total. The first-order chi connectivity index (χ1) is 9.13. The zero-order chi connectivity index (χ0) is 14.1. The van der Waals surface area contributed by atoms with Crippen LogP contribution in [0, 0.1) is 0 Å². The van der Waals surface area contributed by atoms with E-state index < -0.39 is 0 Å². The third kappa shape index (κ3) is 6.18. The number of carbonyl (C=O) groups excluding carboxylic acids is 1. The van der Waals surface area contributed by atoms with Crippen molar-refractivity contribution in [1.82, 2.24) is 0 Å². The van der Waals surface area contributed by atoms with Gasteiger partial charge in [-0.1, -0.05) is 18.6 Å². The van der Waals surface area contributed by atoms with Crippen molar-refractivity contribution in [3.63, 3.8) is 0 Å². The van der Waals surface area contributed by atoms with Crippen LogP contribution in [0.2, 0.25) is 0 Å². The van der Waals surface area contributed by atoms with Gasteiger partial charge >= 0.3 is 0 Å². The smallest absolute Gasteiger partial charge is 0.163 e. The van der Waals surface area contributed by atoms with Crippen molar-refractivity contribution in [3.8, 4) is 5.75 Å². The Bertz CT molecular complexity index is 434. The maximum Gasteiger partial charge on any atom is 0.163 e. The molecule has 0 aromatic heterocycles. The number of Topliss-reactive ketones (excluding diaryl/α,β-unsaturated/α-hetero) is 1. The van der Waals surface area contributed by atoms with Crippen LogP contribution in [0.25, 0.3) is 0 Å². The second-order valence-corrected chi connectivity index (χ2v) is 4.90. The maximum atomic E-state index is 12.0. The molecule has 3 nitrogen and oxygen atoms in total. The summed E-state index contributed by atoms with van der Waals surface area (Å²) in [6.45, 7) is 0. The van der Waals surface area contributed by atoms with Crippen LogP contribution in [0.4, 0.5) is 0 Å². The van der Waals surface area contributed by atoms with Gasteiger partial charge in [0.15, 0.2) is 5.78 Å². The lowest BCUT2D eigenvalue weighted by atomic mass is 10.0. The van der Waals surface area contributed by atoms with Crippen LogP contribution in [0.3, 0.4) is 0 Å². The van der Waals surface area contributed by atoms with Gasteiger partial charge in [0.2, 0.25) is 0 Å². The average Bonchev–Trinajstić information content (AvgIpc) is 2.42. The minimum Gasteiger partial charge on any atom is -0.497 e. The molecular formula is C16H24NO2+. The summed E-state index contributed by atoms with van der Waals surface area (Å²) in [5, 5.41) is 0. The molecule has 104 valence electrons. The lowest BCUT2D eigenvalue weighted by Crippen LogP contribution is -2.00. The van der Waals surface area contributed by atoms with Crippen LogP contribution < -0.4 is 4.74 Å². The molecule has 0 saturated heterocycles. The first-order valence-corrected chi connectivity index (χ1v) is 6.80. The summed E-state index contributed by atoms with van der Waals surface area (Å²) in [5.74, 6) is 0.946. The van der Waals surface area contributed by atoms with Crippen molar-refractivity contribution in [2.45, 2.75) is 32.1 Å². The van der Waals surface area contributed by atoms with Crippen LogP contribution in [0.1, 0.15) is 42.5 Å². The molecule has 1 aromatic carbocycles. The summed E-state index contributed by atoms with van der Waals surface area (Å²) in [6, 6.07) is 7.37. The van der Waals surface area contributed by atoms with E-state index in [0.29, 0.717) is 6.42 Å². The topological polar surface area (TPSA) is 29.3 Å². The van der Waals surface area contributed by atoms with Crippen LogP contribution in [0.15, 0.2) is 24.3 Å². The Balaban J connectivity index is 2.29. The summed E-state index contributed by atoms with van der Waals surface area (Å²) >= 11 is 0. The lowest BCUT2D eigenvalue weighted by Gasteiger charge is -2.03. The molecule has 0 saturated carbocycles. The number of methoxy groups -OCH3 is 1. The van der Waals surface area contributed by atoms with E-state index in [1.54, 1.807) is 7.11 Å². The second-order valence-electron chi connectivity index (χ2n) is 4.90. The van der Waals surface area contributed by atoms with E-state index in [1.807, 2.05) is 38.4 Å². The zero-order valence-corrected chi connectivity index (χ0v) is 12.2. The third-order valence-corrected chi connectivity index (χ3v) is 2.99. The summed E-state index contributed by atoms with van der Waals surface area (Å²) in [6.07, 6.45) is 7.07. The predicted molar refractivity (Wildman–Crippen MR) is 78.6 cm³/mol. The summed E-state index contributed by atoms with van der Waals surface area (Å²) in [5.41, 5.74) is 0.749. The van der Waals surface area contributed by atoms with Crippen LogP contribution in [-0.2, 0) is 0 Å². The monoisotopic (exact) mass is 262 g/mol. The molecule has 0 fully saturated rings. The highest BCUT2D eigenvalue weighted by Gasteiger charge is 2.06. The standard InChI is InChI=1S/C16H24NO2/c1-17(2)12-7-5-4-6-11-16(18)14-9-8-10-15(13-14)19-3/h8-10,12-13H,4-7,11H2,1-3H3/q+1. The number of unbranched alkanes of at least 4 members (excludes halogenated alkanes) is 3. The molecule has 1 rings (SSSR count). The Kier molecular flexibility index (Phi) is 6.86. The van der Waals surface area contributed by atoms with E-state index in [1.165, 1.54) is 0 Å². The molecule has 0 amide bonds. The number of nitrogens with zero attached hydrogens (tertiary/aromatic N) is 1. The molecule has 0 bridgehead atoms. The SMILES string of the molecule is COc1cccc(C(=O)CCCCCC=[N+](C)C)c1. The summed E-state index contributed by atoms with van der Waals surface area (Å²) in [7, 11) is 5.68. The molecule has 0 aliphatic carbocycles. The van der Waals surface area contributed by atoms with Crippen molar-refractivity contribution < 1.29 is 14.1 Å². The van der Waals surface area contributed by atoms with Crippen molar-refractivity contribution in [3.05, 3.63) is 29.8 Å². The van der Waals surface area contributed by atoms with E-state index in [4.69, 9.17) is 4.74 Å². The van der Waals surface area contributed by atoms with Gasteiger partial charge in [0.1, 0.15) is 26.1 Å². The minimum atomic E-state index is 0.204. The Morgan fingerprint density at radius 2 is 2.05 bits per heavy atom. The number of benzene rings is 1. The average molecular weight is 262 g/mol. The molecule has 3 heteroatoms. The lowest BCUT2D eigenvalue weighted by molar-refractivity contribution is -0.460. The van der Waals surface area contributed by atoms with E-state index in [9.17, 15) is 4.79 Å². The van der Waals surface area contributed by atoms with Gasteiger partial charge in [0.05, 0.1) is 7.11 Å². The van der Waals surface area contributed by atoms with Crippen LogP contribution >= 0.6 is 0 Å². The molecule has 0 radical (unpaired) electrons. The number of ketones is 1. The van der Waals surface area contributed by atoms with Gasteiger partial charge in [-0.05, 0) is 25.0 Å². The Morgan fingerprint density at radius 1 is 1.26 bits per heavy atom. The van der Waals surface area contributed by atoms with Crippen molar-refractivity contribution in [1.29, 1.82) is 0 Å². The second kappa shape index (κ2) is 8.46. The van der Waals surface area contributed by atoms with Gasteiger partial charge in [-0.2, -0.15) is 0 Å². The molecule has 0 heterocycles. The first-order valence-electron chi connectivity index (χ1n) is 6.80. The largest absolute Gasteiger partial charge is 0.497 e. The molecular weight excluding hydrogens is 238 g/mol. The normalized spacial score (nSPS) is 10.1. The van der Waals surface area contributed by atoms with Gasteiger partial charge in [-0.3, -0.25) is 4.79 Å². The maximum absolute atomic E-state index is 12.0. The fraction of sp³-hybridized carbons (Fsp3) is 0.500. The number of rotatable bonds is 8. The molecule has 1 aromatic rings. The van der Waals surface area contributed by atoms with Gasteiger partial charge < -0.3 is 4.74 Å². The number of hydrogen-bond donors (Lipinski definition) is 0. The predicted octanol–water partition coefficient (Wildman–Crippen LogP) is 3.17. The van der Waals surface area contributed by atoms with E-state index in [2.05, 4.69) is 10.8 Å². The summed E-state index contributed by atoms with van der Waals surface area (Å²) in [4.78, 5) is 12.0. The van der Waals surface area contributed by atoms with Crippen molar-refractivity contribution in [2.75, 3.05) is 21.2 Å². The van der Waals surface area contributed by atoms with E-state index in [0.717, 1.165) is 37.0 Å². The molecule has 19 heavy (non-hydrogen) atoms. The summed E-state index contributed by atoms with van der Waals surface area (Å²) < 4.78 is 7.19. The van der Waals surface area contributed by atoms with Gasteiger partial charge in [-0.15, -0.1) is 0 Å². The molecule has 0 spiro atoms. The van der Waals surface area contributed by atoms with Gasteiger partial charge in [0.25, 0.3) is 0 Å². The molecule has 0 atom stereocenters. The van der Waals surface area contributed by atoms with Crippen LogP contribution in [-0.4, -0.2) is 37.8 Å². The molecule has 0 unspecified atom stereocenters. The molecule has 0 aliphatic rings. The highest BCUT2D eigenvalue weighted by atomic mass is 16.5. The fourth-order valence-electron chi connectivity index (χ4n) is 1.90. The number of ether oxygens (including phenoxy) is 1. The minimum absolute atomic E-state index is 0.204. The van der Waals surface area contributed by atoms with E-state index >= 15 is 0 Å². The fourth-order valence-corrected chi connectivity index (χ4v) is 1.90. The molecule has 0 aliphatic heterocycles. The first kappa shape index (κ1) is 15.4. The quantitative estimate of drug-likeness (QED) is 0.312.